The van der Waals surface area contributed by atoms with Gasteiger partial charge < -0.3 is 9.80 Å². The second-order valence-corrected chi connectivity index (χ2v) is 16.5. The molecule has 0 aromatic heterocycles. The summed E-state index contributed by atoms with van der Waals surface area (Å²) < 4.78 is 48.9. The van der Waals surface area contributed by atoms with Gasteiger partial charge in [-0.2, -0.15) is 0 Å². The Hall–Kier alpha value is -2.27. The normalized spacial score (nSPS) is 18.1. The second kappa shape index (κ2) is 15.1. The first-order valence-electron chi connectivity index (χ1n) is 15.8. The third-order valence-corrected chi connectivity index (χ3v) is 11.5. The molecule has 0 atom stereocenters. The molecule has 2 aromatic rings. The first-order chi connectivity index (χ1) is 20.4. The molecule has 2 aliphatic heterocycles. The van der Waals surface area contributed by atoms with Crippen LogP contribution in [0.2, 0.25) is 0 Å². The average molecular weight is 632 g/mol. The number of rotatable bonds is 13. The Morgan fingerprint density at radius 2 is 1.42 bits per heavy atom. The van der Waals surface area contributed by atoms with Gasteiger partial charge in [0.2, 0.25) is 15.9 Å². The summed E-state index contributed by atoms with van der Waals surface area (Å²) >= 11 is 0. The Labute approximate surface area is 259 Å². The van der Waals surface area contributed by atoms with E-state index in [1.807, 2.05) is 17.0 Å². The quantitative estimate of drug-likeness (QED) is 0.316. The lowest BCUT2D eigenvalue weighted by Gasteiger charge is -2.35. The van der Waals surface area contributed by atoms with Crippen LogP contribution in [0.5, 0.6) is 0 Å². The number of aryl methyl sites for hydroxylation is 1. The average Bonchev–Trinajstić information content (AvgIpc) is 2.99. The summed E-state index contributed by atoms with van der Waals surface area (Å²) in [6, 6.07) is 15.7. The van der Waals surface area contributed by atoms with Gasteiger partial charge in [0.25, 0.3) is 0 Å². The highest BCUT2D eigenvalue weighted by atomic mass is 32.2. The number of piperidine rings is 2. The fourth-order valence-electron chi connectivity index (χ4n) is 6.32. The van der Waals surface area contributed by atoms with Crippen molar-refractivity contribution in [2.45, 2.75) is 69.6 Å². The molecule has 0 saturated carbocycles. The fourth-order valence-corrected chi connectivity index (χ4v) is 7.82. The SMILES string of the molecule is CCCCc1ccc(N(CCCN2CCC(Cc3ccc(S(C)(=O)=O)cc3)CC2)C(=O)C2CCN(S(C)(=O)=O)CC2)cc1. The van der Waals surface area contributed by atoms with Crippen LogP contribution >= 0.6 is 0 Å². The van der Waals surface area contributed by atoms with Crippen LogP contribution in [0.25, 0.3) is 0 Å². The molecule has 238 valence electrons. The number of anilines is 1. The molecule has 2 aromatic carbocycles. The molecule has 2 saturated heterocycles. The minimum absolute atomic E-state index is 0.107. The van der Waals surface area contributed by atoms with Crippen molar-refractivity contribution in [2.24, 2.45) is 11.8 Å². The van der Waals surface area contributed by atoms with E-state index in [9.17, 15) is 21.6 Å². The van der Waals surface area contributed by atoms with E-state index in [1.54, 1.807) is 12.1 Å². The minimum Gasteiger partial charge on any atom is -0.312 e. The molecular formula is C33H49N3O5S2. The highest BCUT2D eigenvalue weighted by molar-refractivity contribution is 7.90. The van der Waals surface area contributed by atoms with Crippen LogP contribution in [0, 0.1) is 11.8 Å². The lowest BCUT2D eigenvalue weighted by Crippen LogP contribution is -2.45. The number of likely N-dealkylation sites (tertiary alicyclic amines) is 1. The lowest BCUT2D eigenvalue weighted by atomic mass is 9.90. The van der Waals surface area contributed by atoms with Crippen LogP contribution in [0.15, 0.2) is 53.4 Å². The number of benzene rings is 2. The van der Waals surface area contributed by atoms with Crippen LogP contribution < -0.4 is 4.90 Å². The van der Waals surface area contributed by atoms with Crippen molar-refractivity contribution in [1.82, 2.24) is 9.21 Å². The molecule has 0 N–H and O–H groups in total. The van der Waals surface area contributed by atoms with Gasteiger partial charge in [-0.3, -0.25) is 4.79 Å². The predicted molar refractivity (Wildman–Crippen MR) is 174 cm³/mol. The Bertz CT molecular complexity index is 1390. The van der Waals surface area contributed by atoms with Gasteiger partial charge in [-0.05, 0) is 112 Å². The number of hydrogen-bond acceptors (Lipinski definition) is 6. The maximum Gasteiger partial charge on any atom is 0.230 e. The third kappa shape index (κ3) is 9.86. The summed E-state index contributed by atoms with van der Waals surface area (Å²) in [6.45, 7) is 6.61. The largest absolute Gasteiger partial charge is 0.312 e. The van der Waals surface area contributed by atoms with Gasteiger partial charge in [0.05, 0.1) is 11.2 Å². The molecule has 10 heteroatoms. The zero-order valence-electron chi connectivity index (χ0n) is 26.1. The van der Waals surface area contributed by atoms with Crippen molar-refractivity contribution in [3.05, 3.63) is 59.7 Å². The zero-order valence-corrected chi connectivity index (χ0v) is 27.7. The van der Waals surface area contributed by atoms with Gasteiger partial charge in [0.1, 0.15) is 0 Å². The van der Waals surface area contributed by atoms with E-state index in [1.165, 1.54) is 27.9 Å². The summed E-state index contributed by atoms with van der Waals surface area (Å²) in [5.41, 5.74) is 3.40. The van der Waals surface area contributed by atoms with Crippen LogP contribution in [0.1, 0.15) is 63.0 Å². The molecule has 0 unspecified atom stereocenters. The third-order valence-electron chi connectivity index (χ3n) is 9.04. The smallest absolute Gasteiger partial charge is 0.230 e. The number of unbranched alkanes of at least 4 members (excludes halogenated alkanes) is 1. The van der Waals surface area contributed by atoms with E-state index in [2.05, 4.69) is 36.1 Å². The number of amides is 1. The van der Waals surface area contributed by atoms with Crippen LogP contribution in [-0.2, 0) is 37.5 Å². The molecule has 8 nitrogen and oxygen atoms in total. The molecule has 2 fully saturated rings. The van der Waals surface area contributed by atoms with Crippen LogP contribution in [-0.4, -0.2) is 83.7 Å². The number of carbonyl (C=O) groups excluding carboxylic acids is 1. The van der Waals surface area contributed by atoms with Crippen LogP contribution in [0.4, 0.5) is 5.69 Å². The lowest BCUT2D eigenvalue weighted by molar-refractivity contribution is -0.123. The van der Waals surface area contributed by atoms with E-state index in [4.69, 9.17) is 0 Å². The standard InChI is InChI=1S/C33H49N3O5S2/c1-4-5-7-27-8-12-31(13-9-27)36(33(37)30-18-24-35(25-19-30)43(3,40)41)21-6-20-34-22-16-29(17-23-34)26-28-10-14-32(15-11-28)42(2,38)39/h8-15,29-30H,4-7,16-26H2,1-3H3. The highest BCUT2D eigenvalue weighted by Crippen LogP contribution is 2.27. The van der Waals surface area contributed by atoms with E-state index >= 15 is 0 Å². The van der Waals surface area contributed by atoms with Gasteiger partial charge >= 0.3 is 0 Å². The summed E-state index contributed by atoms with van der Waals surface area (Å²) in [6.07, 6.45) is 11.0. The summed E-state index contributed by atoms with van der Waals surface area (Å²) in [7, 11) is -6.41. The molecule has 1 amide bonds. The highest BCUT2D eigenvalue weighted by Gasteiger charge is 2.32. The van der Waals surface area contributed by atoms with Crippen molar-refractivity contribution >= 4 is 31.5 Å². The molecule has 0 bridgehead atoms. The van der Waals surface area contributed by atoms with Crippen molar-refractivity contribution in [2.75, 3.05) is 56.7 Å². The second-order valence-electron chi connectivity index (χ2n) is 12.5. The predicted octanol–water partition coefficient (Wildman–Crippen LogP) is 4.78. The minimum atomic E-state index is -3.23. The first-order valence-corrected chi connectivity index (χ1v) is 19.5. The van der Waals surface area contributed by atoms with E-state index < -0.39 is 19.9 Å². The Morgan fingerprint density at radius 3 is 1.98 bits per heavy atom. The van der Waals surface area contributed by atoms with Gasteiger partial charge in [-0.1, -0.05) is 37.6 Å². The number of carbonyl (C=O) groups is 1. The number of hydrogen-bond donors (Lipinski definition) is 0. The summed E-state index contributed by atoms with van der Waals surface area (Å²) in [5.74, 6) is 0.525. The summed E-state index contributed by atoms with van der Waals surface area (Å²) in [5, 5.41) is 0. The van der Waals surface area contributed by atoms with Crippen molar-refractivity contribution in [3.63, 3.8) is 0 Å². The van der Waals surface area contributed by atoms with Gasteiger partial charge in [-0.15, -0.1) is 0 Å². The van der Waals surface area contributed by atoms with Gasteiger partial charge in [-0.25, -0.2) is 21.1 Å². The molecular weight excluding hydrogens is 583 g/mol. The zero-order chi connectivity index (χ0) is 31.0. The molecule has 4 rings (SSSR count). The van der Waals surface area contributed by atoms with Gasteiger partial charge in [0.15, 0.2) is 9.84 Å². The van der Waals surface area contributed by atoms with Gasteiger partial charge in [0, 0.05) is 37.5 Å². The Kier molecular flexibility index (Phi) is 11.8. The Morgan fingerprint density at radius 1 is 0.814 bits per heavy atom. The molecule has 2 heterocycles. The number of sulfonamides is 1. The molecule has 2 aliphatic rings. The molecule has 0 radical (unpaired) electrons. The van der Waals surface area contributed by atoms with E-state index in [0.29, 0.717) is 43.3 Å². The van der Waals surface area contributed by atoms with Crippen LogP contribution in [0.3, 0.4) is 0 Å². The monoisotopic (exact) mass is 631 g/mol. The fraction of sp³-hybridized carbons (Fsp3) is 0.606. The molecule has 0 aliphatic carbocycles. The van der Waals surface area contributed by atoms with E-state index in [-0.39, 0.29) is 11.8 Å². The van der Waals surface area contributed by atoms with Crippen molar-refractivity contribution in [3.8, 4) is 0 Å². The molecule has 0 spiro atoms. The van der Waals surface area contributed by atoms with E-state index in [0.717, 1.165) is 70.3 Å². The maximum absolute atomic E-state index is 13.8. The first kappa shape index (κ1) is 33.6. The number of nitrogens with zero attached hydrogens (tertiary/aromatic N) is 3. The topological polar surface area (TPSA) is 95.1 Å². The molecule has 43 heavy (non-hydrogen) atoms. The Balaban J connectivity index is 1.31. The van der Waals surface area contributed by atoms with Crippen molar-refractivity contribution in [1.29, 1.82) is 0 Å². The maximum atomic E-state index is 13.8. The number of sulfone groups is 1. The summed E-state index contributed by atoms with van der Waals surface area (Å²) in [4.78, 5) is 18.6. The van der Waals surface area contributed by atoms with Crippen molar-refractivity contribution < 1.29 is 21.6 Å².